The Labute approximate surface area is 256 Å². The molecule has 0 unspecified atom stereocenters. The van der Waals surface area contributed by atoms with Crippen LogP contribution < -0.4 is 10.2 Å². The number of nitrogens with one attached hydrogen (secondary N) is 1. The van der Waals surface area contributed by atoms with Gasteiger partial charge >= 0.3 is 7.60 Å². The van der Waals surface area contributed by atoms with Gasteiger partial charge in [-0.05, 0) is 43.2 Å². The van der Waals surface area contributed by atoms with Crippen LogP contribution in [0.5, 0.6) is 0 Å². The molecule has 0 fully saturated rings. The van der Waals surface area contributed by atoms with Crippen molar-refractivity contribution in [3.8, 4) is 0 Å². The molecule has 4 rings (SSSR count). The molecule has 0 atom stereocenters. The second-order valence-electron chi connectivity index (χ2n) is 11.3. The van der Waals surface area contributed by atoms with E-state index >= 15 is 0 Å². The first-order chi connectivity index (χ1) is 21.0. The summed E-state index contributed by atoms with van der Waals surface area (Å²) < 4.78 is 25.8. The molecule has 3 aromatic carbocycles. The van der Waals surface area contributed by atoms with Crippen molar-refractivity contribution in [2.24, 2.45) is 0 Å². The van der Waals surface area contributed by atoms with Crippen LogP contribution in [0, 0.1) is 0 Å². The monoisotopic (exact) mass is 606 g/mol. The van der Waals surface area contributed by atoms with Crippen molar-refractivity contribution in [2.75, 3.05) is 29.7 Å². The van der Waals surface area contributed by atoms with E-state index in [1.54, 1.807) is 36.4 Å². The van der Waals surface area contributed by atoms with E-state index in [4.69, 9.17) is 9.05 Å². The van der Waals surface area contributed by atoms with Crippen LogP contribution >= 0.6 is 7.60 Å². The van der Waals surface area contributed by atoms with Gasteiger partial charge in [0.1, 0.15) is 6.29 Å². The van der Waals surface area contributed by atoms with Crippen molar-refractivity contribution in [1.82, 2.24) is 0 Å². The van der Waals surface area contributed by atoms with Gasteiger partial charge in [0.2, 0.25) is 0 Å². The van der Waals surface area contributed by atoms with Crippen LogP contribution in [0.25, 0.3) is 10.8 Å². The lowest BCUT2D eigenvalue weighted by atomic mass is 9.92. The molecule has 1 N–H and O–H groups in total. The van der Waals surface area contributed by atoms with E-state index in [-0.39, 0.29) is 18.1 Å². The van der Waals surface area contributed by atoms with E-state index in [1.807, 2.05) is 24.3 Å². The predicted octanol–water partition coefficient (Wildman–Crippen LogP) is 9.96. The average Bonchev–Trinajstić information content (AvgIpc) is 3.02. The summed E-state index contributed by atoms with van der Waals surface area (Å²) in [7, 11) is -3.43. The van der Waals surface area contributed by atoms with Crippen LogP contribution in [0.1, 0.15) is 112 Å². The Morgan fingerprint density at radius 3 is 1.81 bits per heavy atom. The summed E-state index contributed by atoms with van der Waals surface area (Å²) in [4.78, 5) is 28.2. The van der Waals surface area contributed by atoms with Gasteiger partial charge in [-0.3, -0.25) is 14.2 Å². The molecule has 1 aliphatic rings. The first-order valence-corrected chi connectivity index (χ1v) is 17.8. The van der Waals surface area contributed by atoms with Gasteiger partial charge in [-0.1, -0.05) is 108 Å². The van der Waals surface area contributed by atoms with Gasteiger partial charge in [0, 0.05) is 27.6 Å². The molecular formula is C35H47N2O5P. The minimum absolute atomic E-state index is 0.00930. The first kappa shape index (κ1) is 32.9. The maximum atomic E-state index is 13.9. The minimum atomic E-state index is -3.43. The van der Waals surface area contributed by atoms with Crippen LogP contribution in [-0.4, -0.2) is 31.3 Å². The number of carbonyl (C=O) groups is 2. The number of carbonyl (C=O) groups excluding carboxylic acids is 2. The van der Waals surface area contributed by atoms with E-state index < -0.39 is 7.60 Å². The number of amides is 2. The third-order valence-electron chi connectivity index (χ3n) is 7.96. The molecule has 43 heavy (non-hydrogen) atoms. The molecule has 0 radical (unpaired) electrons. The fourth-order valence-corrected chi connectivity index (χ4v) is 6.98. The molecule has 8 heteroatoms. The molecule has 0 aliphatic carbocycles. The van der Waals surface area contributed by atoms with Crippen LogP contribution in [0.4, 0.5) is 11.4 Å². The molecule has 3 aromatic rings. The molecule has 0 bridgehead atoms. The average molecular weight is 607 g/mol. The number of unbranched alkanes of at least 4 members (excludes halogenated alkanes) is 10. The highest BCUT2D eigenvalue weighted by Gasteiger charge is 2.34. The second-order valence-corrected chi connectivity index (χ2v) is 13.4. The topological polar surface area (TPSA) is 84.9 Å². The highest BCUT2D eigenvalue weighted by atomic mass is 31.2. The smallest absolute Gasteiger partial charge is 0.349 e. The zero-order valence-electron chi connectivity index (χ0n) is 25.8. The number of para-hydroxylation sites is 1. The van der Waals surface area contributed by atoms with Crippen molar-refractivity contribution in [2.45, 2.75) is 90.9 Å². The first-order valence-electron chi connectivity index (χ1n) is 16.1. The number of rotatable bonds is 20. The van der Waals surface area contributed by atoms with E-state index in [0.29, 0.717) is 41.1 Å². The molecule has 0 aromatic heterocycles. The quantitative estimate of drug-likeness (QED) is 0.0783. The summed E-state index contributed by atoms with van der Waals surface area (Å²) in [5, 5.41) is 4.62. The lowest BCUT2D eigenvalue weighted by molar-refractivity contribution is 0.0893. The van der Waals surface area contributed by atoms with Crippen LogP contribution in [0.15, 0.2) is 60.7 Å². The van der Waals surface area contributed by atoms with Gasteiger partial charge < -0.3 is 14.4 Å². The molecule has 0 saturated carbocycles. The number of hydrogen-bond donors (Lipinski definition) is 1. The molecule has 7 nitrogen and oxygen atoms in total. The summed E-state index contributed by atoms with van der Waals surface area (Å²) in [5.41, 5.74) is 2.14. The Morgan fingerprint density at radius 1 is 0.651 bits per heavy atom. The summed E-state index contributed by atoms with van der Waals surface area (Å²) in [5.74, 6) is -0.719. The molecule has 232 valence electrons. The van der Waals surface area contributed by atoms with E-state index in [0.717, 1.165) is 43.9 Å². The Balaban J connectivity index is 1.47. The van der Waals surface area contributed by atoms with Crippen LogP contribution in [0.3, 0.4) is 0 Å². The highest BCUT2D eigenvalue weighted by Crippen LogP contribution is 2.49. The van der Waals surface area contributed by atoms with Crippen molar-refractivity contribution < 1.29 is 23.2 Å². The lowest BCUT2D eigenvalue weighted by Gasteiger charge is -2.28. The Kier molecular flexibility index (Phi) is 12.8. The molecule has 0 spiro atoms. The summed E-state index contributed by atoms with van der Waals surface area (Å²) in [6, 6.07) is 18.0. The van der Waals surface area contributed by atoms with Gasteiger partial charge in [0.15, 0.2) is 0 Å². The van der Waals surface area contributed by atoms with Crippen molar-refractivity contribution >= 4 is 41.6 Å². The summed E-state index contributed by atoms with van der Waals surface area (Å²) in [6.07, 6.45) is 13.4. The standard InChI is InChI=1S/C35H47N2O5P/c1-3-5-7-9-11-16-25-41-43(40,42-26-17-12-10-8-6-4-2)27-36-32-24-23-31-33-29(32)21-18-22-30(33)34(38)37(35(31)39)28-19-14-13-15-20-28/h13-15,18-24,36H,3-12,16-17,25-27H2,1-2H3. The number of hydrogen-bond acceptors (Lipinski definition) is 6. The zero-order chi connectivity index (χ0) is 30.5. The Hall–Kier alpha value is -2.99. The molecule has 0 saturated heterocycles. The predicted molar refractivity (Wildman–Crippen MR) is 176 cm³/mol. The van der Waals surface area contributed by atoms with Gasteiger partial charge in [-0.15, -0.1) is 0 Å². The molecule has 1 heterocycles. The van der Waals surface area contributed by atoms with Gasteiger partial charge in [-0.25, -0.2) is 4.90 Å². The normalized spacial score (nSPS) is 13.2. The number of benzene rings is 3. The maximum Gasteiger partial charge on any atom is 0.349 e. The fourth-order valence-electron chi connectivity index (χ4n) is 5.54. The minimum Gasteiger partial charge on any atom is -0.374 e. The van der Waals surface area contributed by atoms with Crippen molar-refractivity contribution in [3.63, 3.8) is 0 Å². The van der Waals surface area contributed by atoms with Crippen LogP contribution in [-0.2, 0) is 13.6 Å². The molecule has 2 amide bonds. The third kappa shape index (κ3) is 8.78. The van der Waals surface area contributed by atoms with Crippen LogP contribution in [0.2, 0.25) is 0 Å². The second kappa shape index (κ2) is 16.7. The summed E-state index contributed by atoms with van der Waals surface area (Å²) >= 11 is 0. The van der Waals surface area contributed by atoms with E-state index in [2.05, 4.69) is 19.2 Å². The van der Waals surface area contributed by atoms with Crippen molar-refractivity contribution in [1.29, 1.82) is 0 Å². The largest absolute Gasteiger partial charge is 0.374 e. The maximum absolute atomic E-state index is 13.9. The number of imide groups is 1. The SMILES string of the molecule is CCCCCCCCOP(=O)(CNc1ccc2c3c(cccc13)C(=O)N(c1ccccc1)C2=O)OCCCCCCCC. The van der Waals surface area contributed by atoms with E-state index in [1.165, 1.54) is 43.4 Å². The summed E-state index contributed by atoms with van der Waals surface area (Å²) in [6.45, 7) is 5.19. The Morgan fingerprint density at radius 2 is 1.21 bits per heavy atom. The molecular weight excluding hydrogens is 559 g/mol. The van der Waals surface area contributed by atoms with Gasteiger partial charge in [0.05, 0.1) is 18.9 Å². The highest BCUT2D eigenvalue weighted by molar-refractivity contribution is 7.53. The van der Waals surface area contributed by atoms with E-state index in [9.17, 15) is 14.2 Å². The lowest BCUT2D eigenvalue weighted by Crippen LogP contribution is -2.40. The number of nitrogens with zero attached hydrogens (tertiary/aromatic N) is 1. The molecule has 1 aliphatic heterocycles. The third-order valence-corrected chi connectivity index (χ3v) is 9.65. The zero-order valence-corrected chi connectivity index (χ0v) is 26.7. The fraction of sp³-hybridized carbons (Fsp3) is 0.486. The number of anilines is 2. The van der Waals surface area contributed by atoms with Crippen molar-refractivity contribution in [3.05, 3.63) is 71.8 Å². The van der Waals surface area contributed by atoms with Gasteiger partial charge in [0.25, 0.3) is 11.8 Å². The van der Waals surface area contributed by atoms with Gasteiger partial charge in [-0.2, -0.15) is 0 Å². The Bertz CT molecular complexity index is 1350.